The Bertz CT molecular complexity index is 813. The number of benzene rings is 2. The lowest BCUT2D eigenvalue weighted by Gasteiger charge is -2.09. The van der Waals surface area contributed by atoms with E-state index in [1.807, 2.05) is 60.2 Å². The molecule has 0 fully saturated rings. The van der Waals surface area contributed by atoms with Gasteiger partial charge in [0.05, 0.1) is 12.9 Å². The summed E-state index contributed by atoms with van der Waals surface area (Å²) >= 11 is 0. The number of carbonyl (C=O) groups is 1. The SMILES string of the molecule is CCOCc1cccc(NC(=O)c2cccc(-n3ccnc3)c2)c1. The lowest BCUT2D eigenvalue weighted by molar-refractivity contribution is 0.102. The van der Waals surface area contributed by atoms with Crippen molar-refractivity contribution in [2.75, 3.05) is 11.9 Å². The monoisotopic (exact) mass is 321 g/mol. The third kappa shape index (κ3) is 3.88. The molecule has 24 heavy (non-hydrogen) atoms. The third-order valence-corrected chi connectivity index (χ3v) is 3.57. The molecule has 2 aromatic carbocycles. The molecule has 0 aliphatic rings. The number of nitrogens with one attached hydrogen (secondary N) is 1. The van der Waals surface area contributed by atoms with Gasteiger partial charge in [-0.05, 0) is 42.8 Å². The van der Waals surface area contributed by atoms with Gasteiger partial charge < -0.3 is 14.6 Å². The molecule has 0 unspecified atom stereocenters. The van der Waals surface area contributed by atoms with Gasteiger partial charge in [0.2, 0.25) is 0 Å². The van der Waals surface area contributed by atoms with Crippen LogP contribution in [0.2, 0.25) is 0 Å². The molecule has 5 heteroatoms. The molecule has 0 atom stereocenters. The number of hydrogen-bond acceptors (Lipinski definition) is 3. The van der Waals surface area contributed by atoms with Crippen LogP contribution in [0.4, 0.5) is 5.69 Å². The Balaban J connectivity index is 1.74. The number of aromatic nitrogens is 2. The van der Waals surface area contributed by atoms with Crippen molar-refractivity contribution in [3.05, 3.63) is 78.4 Å². The second kappa shape index (κ2) is 7.57. The average Bonchev–Trinajstić information content (AvgIpc) is 3.15. The molecule has 122 valence electrons. The molecule has 0 aliphatic heterocycles. The lowest BCUT2D eigenvalue weighted by atomic mass is 10.1. The van der Waals surface area contributed by atoms with E-state index in [4.69, 9.17) is 4.74 Å². The molecule has 5 nitrogen and oxygen atoms in total. The standard InChI is InChI=1S/C19H19N3O2/c1-2-24-13-15-5-3-7-17(11-15)21-19(23)16-6-4-8-18(12-16)22-10-9-20-14-22/h3-12,14H,2,13H2,1H3,(H,21,23). The predicted octanol–water partition coefficient (Wildman–Crippen LogP) is 3.66. The van der Waals surface area contributed by atoms with Gasteiger partial charge in [-0.3, -0.25) is 4.79 Å². The smallest absolute Gasteiger partial charge is 0.255 e. The van der Waals surface area contributed by atoms with Gasteiger partial charge in [-0.25, -0.2) is 4.98 Å². The Hall–Kier alpha value is -2.92. The summed E-state index contributed by atoms with van der Waals surface area (Å²) in [7, 11) is 0. The highest BCUT2D eigenvalue weighted by atomic mass is 16.5. The van der Waals surface area contributed by atoms with Crippen molar-refractivity contribution in [3.8, 4) is 5.69 Å². The number of hydrogen-bond donors (Lipinski definition) is 1. The van der Waals surface area contributed by atoms with Crippen LogP contribution in [0, 0.1) is 0 Å². The maximum atomic E-state index is 12.5. The highest BCUT2D eigenvalue weighted by molar-refractivity contribution is 6.04. The zero-order chi connectivity index (χ0) is 16.8. The van der Waals surface area contributed by atoms with E-state index in [0.29, 0.717) is 18.8 Å². The number of rotatable bonds is 6. The van der Waals surface area contributed by atoms with Crippen molar-refractivity contribution in [2.24, 2.45) is 0 Å². The summed E-state index contributed by atoms with van der Waals surface area (Å²) in [4.78, 5) is 16.5. The van der Waals surface area contributed by atoms with Crippen molar-refractivity contribution in [2.45, 2.75) is 13.5 Å². The van der Waals surface area contributed by atoms with E-state index < -0.39 is 0 Å². The van der Waals surface area contributed by atoms with Gasteiger partial charge in [-0.15, -0.1) is 0 Å². The first-order chi connectivity index (χ1) is 11.8. The first kappa shape index (κ1) is 16.0. The van der Waals surface area contributed by atoms with E-state index in [9.17, 15) is 4.79 Å². The Morgan fingerprint density at radius 3 is 2.88 bits per heavy atom. The van der Waals surface area contributed by atoms with Crippen LogP contribution in [-0.2, 0) is 11.3 Å². The molecule has 0 bridgehead atoms. The zero-order valence-electron chi connectivity index (χ0n) is 13.5. The van der Waals surface area contributed by atoms with Crippen LogP contribution in [-0.4, -0.2) is 22.1 Å². The van der Waals surface area contributed by atoms with Crippen LogP contribution < -0.4 is 5.32 Å². The Morgan fingerprint density at radius 2 is 2.08 bits per heavy atom. The van der Waals surface area contributed by atoms with E-state index in [1.54, 1.807) is 18.6 Å². The molecule has 0 radical (unpaired) electrons. The molecule has 0 saturated carbocycles. The van der Waals surface area contributed by atoms with Gasteiger partial charge in [-0.1, -0.05) is 18.2 Å². The number of nitrogens with zero attached hydrogens (tertiary/aromatic N) is 2. The summed E-state index contributed by atoms with van der Waals surface area (Å²) in [5.74, 6) is -0.148. The van der Waals surface area contributed by atoms with E-state index >= 15 is 0 Å². The summed E-state index contributed by atoms with van der Waals surface area (Å²) in [6.45, 7) is 3.16. The molecule has 1 N–H and O–H groups in total. The minimum atomic E-state index is -0.148. The van der Waals surface area contributed by atoms with Crippen molar-refractivity contribution in [1.29, 1.82) is 0 Å². The maximum Gasteiger partial charge on any atom is 0.255 e. The summed E-state index contributed by atoms with van der Waals surface area (Å²) in [6, 6.07) is 15.1. The lowest BCUT2D eigenvalue weighted by Crippen LogP contribution is -2.12. The molecule has 3 aromatic rings. The maximum absolute atomic E-state index is 12.5. The normalized spacial score (nSPS) is 10.5. The van der Waals surface area contributed by atoms with Crippen LogP contribution in [0.15, 0.2) is 67.3 Å². The van der Waals surface area contributed by atoms with Gasteiger partial charge >= 0.3 is 0 Å². The summed E-state index contributed by atoms with van der Waals surface area (Å²) in [5, 5.41) is 2.93. The first-order valence-electron chi connectivity index (χ1n) is 7.82. The molecule has 1 heterocycles. The molecule has 0 spiro atoms. The van der Waals surface area contributed by atoms with Crippen molar-refractivity contribution in [3.63, 3.8) is 0 Å². The molecule has 0 aliphatic carbocycles. The van der Waals surface area contributed by atoms with Gasteiger partial charge in [0.15, 0.2) is 0 Å². The largest absolute Gasteiger partial charge is 0.377 e. The van der Waals surface area contributed by atoms with Gasteiger partial charge in [-0.2, -0.15) is 0 Å². The molecule has 3 rings (SSSR count). The number of carbonyl (C=O) groups excluding carboxylic acids is 1. The fourth-order valence-corrected chi connectivity index (χ4v) is 2.38. The first-order valence-corrected chi connectivity index (χ1v) is 7.82. The fourth-order valence-electron chi connectivity index (χ4n) is 2.38. The van der Waals surface area contributed by atoms with E-state index in [1.165, 1.54) is 0 Å². The molecular formula is C19H19N3O2. The van der Waals surface area contributed by atoms with E-state index in [2.05, 4.69) is 10.3 Å². The number of imidazole rings is 1. The van der Waals surface area contributed by atoms with Gasteiger partial charge in [0.1, 0.15) is 0 Å². The summed E-state index contributed by atoms with van der Waals surface area (Å²) in [5.41, 5.74) is 3.27. The third-order valence-electron chi connectivity index (χ3n) is 3.57. The second-order valence-corrected chi connectivity index (χ2v) is 5.31. The second-order valence-electron chi connectivity index (χ2n) is 5.31. The topological polar surface area (TPSA) is 56.1 Å². The zero-order valence-corrected chi connectivity index (χ0v) is 13.5. The van der Waals surface area contributed by atoms with E-state index in [-0.39, 0.29) is 5.91 Å². The quantitative estimate of drug-likeness (QED) is 0.754. The van der Waals surface area contributed by atoms with Gasteiger partial charge in [0, 0.05) is 35.9 Å². The van der Waals surface area contributed by atoms with Crippen LogP contribution in [0.25, 0.3) is 5.69 Å². The summed E-state index contributed by atoms with van der Waals surface area (Å²) < 4.78 is 7.26. The van der Waals surface area contributed by atoms with E-state index in [0.717, 1.165) is 16.9 Å². The number of ether oxygens (including phenoxy) is 1. The summed E-state index contributed by atoms with van der Waals surface area (Å²) in [6.07, 6.45) is 5.25. The van der Waals surface area contributed by atoms with Crippen molar-refractivity contribution in [1.82, 2.24) is 9.55 Å². The van der Waals surface area contributed by atoms with Crippen LogP contribution in [0.5, 0.6) is 0 Å². The van der Waals surface area contributed by atoms with Crippen LogP contribution >= 0.6 is 0 Å². The highest BCUT2D eigenvalue weighted by Gasteiger charge is 2.08. The Morgan fingerprint density at radius 1 is 1.21 bits per heavy atom. The fraction of sp³-hybridized carbons (Fsp3) is 0.158. The Labute approximate surface area is 140 Å². The molecule has 1 amide bonds. The van der Waals surface area contributed by atoms with Crippen LogP contribution in [0.3, 0.4) is 0 Å². The minimum Gasteiger partial charge on any atom is -0.377 e. The number of amides is 1. The van der Waals surface area contributed by atoms with Crippen molar-refractivity contribution >= 4 is 11.6 Å². The highest BCUT2D eigenvalue weighted by Crippen LogP contribution is 2.15. The Kier molecular flexibility index (Phi) is 5.03. The van der Waals surface area contributed by atoms with Crippen LogP contribution in [0.1, 0.15) is 22.8 Å². The minimum absolute atomic E-state index is 0.148. The molecule has 1 aromatic heterocycles. The van der Waals surface area contributed by atoms with Gasteiger partial charge in [0.25, 0.3) is 5.91 Å². The number of anilines is 1. The molecular weight excluding hydrogens is 302 g/mol. The molecule has 0 saturated heterocycles. The van der Waals surface area contributed by atoms with Crippen molar-refractivity contribution < 1.29 is 9.53 Å². The average molecular weight is 321 g/mol. The predicted molar refractivity (Wildman–Crippen MR) is 93.3 cm³/mol.